The van der Waals surface area contributed by atoms with Crippen molar-refractivity contribution in [1.82, 2.24) is 4.57 Å². The van der Waals surface area contributed by atoms with Gasteiger partial charge in [0.25, 0.3) is 0 Å². The maximum atomic E-state index is 10.8. The molecule has 0 aliphatic carbocycles. The Bertz CT molecular complexity index is 851. The third kappa shape index (κ3) is 3.44. The van der Waals surface area contributed by atoms with Crippen LogP contribution in [0.15, 0.2) is 60.7 Å². The molecule has 0 amide bonds. The van der Waals surface area contributed by atoms with Gasteiger partial charge in [-0.2, -0.15) is 0 Å². The zero-order valence-electron chi connectivity index (χ0n) is 12.8. The van der Waals surface area contributed by atoms with E-state index >= 15 is 0 Å². The minimum atomic E-state index is -1.08. The molecule has 0 unspecified atom stereocenters. The van der Waals surface area contributed by atoms with Gasteiger partial charge in [-0.25, -0.2) is 0 Å². The summed E-state index contributed by atoms with van der Waals surface area (Å²) in [4.78, 5) is 10.8. The first kappa shape index (κ1) is 16.1. The summed E-state index contributed by atoms with van der Waals surface area (Å²) in [5.74, 6) is -0.906. The van der Waals surface area contributed by atoms with Gasteiger partial charge in [-0.3, -0.25) is 0 Å². The molecule has 4 nitrogen and oxygen atoms in total. The number of aliphatic carboxylic acids is 1. The maximum absolute atomic E-state index is 10.8. The lowest BCUT2D eigenvalue weighted by Crippen LogP contribution is -2.22. The van der Waals surface area contributed by atoms with Gasteiger partial charge in [0.15, 0.2) is 0 Å². The van der Waals surface area contributed by atoms with Crippen molar-refractivity contribution in [1.29, 1.82) is 0 Å². The van der Waals surface area contributed by atoms with Crippen molar-refractivity contribution >= 4 is 17.6 Å². The Hall–Kier alpha value is -2.72. The molecular weight excluding hydrogens is 326 g/mol. The molecule has 0 atom stereocenters. The Labute approximate surface area is 144 Å². The van der Waals surface area contributed by atoms with Crippen LogP contribution in [-0.2, 0) is 11.2 Å². The van der Waals surface area contributed by atoms with E-state index in [1.165, 1.54) is 0 Å². The Morgan fingerprint density at radius 1 is 1.00 bits per heavy atom. The molecule has 122 valence electrons. The van der Waals surface area contributed by atoms with E-state index in [2.05, 4.69) is 0 Å². The maximum Gasteiger partial charge on any atom is 0.115 e. The number of phenolic OH excluding ortho intramolecular Hbond substituents is 1. The van der Waals surface area contributed by atoms with Crippen molar-refractivity contribution in [2.75, 3.05) is 0 Å². The van der Waals surface area contributed by atoms with Crippen molar-refractivity contribution in [3.63, 3.8) is 0 Å². The van der Waals surface area contributed by atoms with Crippen LogP contribution in [0.4, 0.5) is 0 Å². The summed E-state index contributed by atoms with van der Waals surface area (Å²) in [6.07, 6.45) is 0.305. The highest BCUT2D eigenvalue weighted by atomic mass is 35.5. The molecular formula is C19H15ClNO3-. The van der Waals surface area contributed by atoms with Gasteiger partial charge < -0.3 is 19.6 Å². The highest BCUT2D eigenvalue weighted by Gasteiger charge is 2.12. The first-order valence-corrected chi connectivity index (χ1v) is 7.88. The smallest absolute Gasteiger partial charge is 0.115 e. The number of aryl methyl sites for hydroxylation is 1. The summed E-state index contributed by atoms with van der Waals surface area (Å²) >= 11 is 5.96. The predicted molar refractivity (Wildman–Crippen MR) is 91.2 cm³/mol. The van der Waals surface area contributed by atoms with Crippen LogP contribution in [0.25, 0.3) is 16.9 Å². The van der Waals surface area contributed by atoms with Gasteiger partial charge in [0.05, 0.1) is 5.69 Å². The summed E-state index contributed by atoms with van der Waals surface area (Å²) < 4.78 is 1.98. The van der Waals surface area contributed by atoms with Gasteiger partial charge in [0.1, 0.15) is 5.75 Å². The van der Waals surface area contributed by atoms with Crippen molar-refractivity contribution < 1.29 is 15.0 Å². The number of phenols is 1. The summed E-state index contributed by atoms with van der Waals surface area (Å²) in [5.41, 5.74) is 3.59. The molecule has 1 N–H and O–H groups in total. The van der Waals surface area contributed by atoms with E-state index in [0.717, 1.165) is 22.6 Å². The topological polar surface area (TPSA) is 65.3 Å². The van der Waals surface area contributed by atoms with Crippen LogP contribution in [0.1, 0.15) is 12.1 Å². The van der Waals surface area contributed by atoms with Gasteiger partial charge in [0.2, 0.25) is 0 Å². The van der Waals surface area contributed by atoms with E-state index < -0.39 is 5.97 Å². The molecule has 2 aromatic carbocycles. The molecule has 0 saturated carbocycles. The van der Waals surface area contributed by atoms with Crippen LogP contribution in [0, 0.1) is 0 Å². The monoisotopic (exact) mass is 340 g/mol. The van der Waals surface area contributed by atoms with Crippen molar-refractivity contribution in [3.8, 4) is 22.7 Å². The molecule has 5 heteroatoms. The number of carboxylic acid groups (broad SMARTS) is 1. The lowest BCUT2D eigenvalue weighted by atomic mass is 10.1. The lowest BCUT2D eigenvalue weighted by molar-refractivity contribution is -0.305. The molecule has 1 aromatic heterocycles. The van der Waals surface area contributed by atoms with Crippen LogP contribution >= 0.6 is 11.6 Å². The zero-order valence-corrected chi connectivity index (χ0v) is 13.5. The zero-order chi connectivity index (χ0) is 17.1. The van der Waals surface area contributed by atoms with Crippen LogP contribution in [0.5, 0.6) is 5.75 Å². The molecule has 0 spiro atoms. The first-order valence-electron chi connectivity index (χ1n) is 7.50. The number of aromatic nitrogens is 1. The van der Waals surface area contributed by atoms with Gasteiger partial charge in [-0.05, 0) is 66.9 Å². The molecule has 3 aromatic rings. The standard InChI is InChI=1S/C19H16ClNO3/c20-14-3-1-13(2-4-14)18-11-7-16(8-12-19(23)24)21(18)15-5-9-17(22)10-6-15/h1-7,9-11,22H,8,12H2,(H,23,24)/p-1. The summed E-state index contributed by atoms with van der Waals surface area (Å²) in [6.45, 7) is 0. The normalized spacial score (nSPS) is 10.7. The van der Waals surface area contributed by atoms with Crippen LogP contribution in [0.3, 0.4) is 0 Å². The number of aromatic hydroxyl groups is 1. The lowest BCUT2D eigenvalue weighted by Gasteiger charge is -2.14. The summed E-state index contributed by atoms with van der Waals surface area (Å²) in [6, 6.07) is 18.1. The summed E-state index contributed by atoms with van der Waals surface area (Å²) in [7, 11) is 0. The fourth-order valence-electron chi connectivity index (χ4n) is 2.66. The number of carbonyl (C=O) groups is 1. The van der Waals surface area contributed by atoms with E-state index in [9.17, 15) is 15.0 Å². The third-order valence-corrected chi connectivity index (χ3v) is 4.05. The highest BCUT2D eigenvalue weighted by molar-refractivity contribution is 6.30. The van der Waals surface area contributed by atoms with E-state index in [0.29, 0.717) is 11.4 Å². The molecule has 0 aliphatic heterocycles. The number of carbonyl (C=O) groups excluding carboxylic acids is 1. The Balaban J connectivity index is 2.09. The second-order valence-electron chi connectivity index (χ2n) is 5.44. The van der Waals surface area contributed by atoms with Gasteiger partial charge in [-0.1, -0.05) is 23.7 Å². The molecule has 24 heavy (non-hydrogen) atoms. The Morgan fingerprint density at radius 2 is 1.67 bits per heavy atom. The van der Waals surface area contributed by atoms with E-state index in [4.69, 9.17) is 11.6 Å². The quantitative estimate of drug-likeness (QED) is 0.775. The van der Waals surface area contributed by atoms with E-state index in [-0.39, 0.29) is 12.2 Å². The van der Waals surface area contributed by atoms with Gasteiger partial charge in [0, 0.05) is 22.4 Å². The predicted octanol–water partition coefficient (Wildman–Crippen LogP) is 3.19. The SMILES string of the molecule is O=C([O-])CCc1ccc(-c2ccc(Cl)cc2)n1-c1ccc(O)cc1. The number of nitrogens with zero attached hydrogens (tertiary/aromatic N) is 1. The molecule has 0 fully saturated rings. The minimum Gasteiger partial charge on any atom is -0.550 e. The highest BCUT2D eigenvalue weighted by Crippen LogP contribution is 2.29. The fraction of sp³-hybridized carbons (Fsp3) is 0.105. The third-order valence-electron chi connectivity index (χ3n) is 3.79. The van der Waals surface area contributed by atoms with Gasteiger partial charge in [-0.15, -0.1) is 0 Å². The molecule has 3 rings (SSSR count). The second kappa shape index (κ2) is 6.81. The molecule has 0 saturated heterocycles. The van der Waals surface area contributed by atoms with Crippen LogP contribution < -0.4 is 5.11 Å². The molecule has 0 radical (unpaired) electrons. The van der Waals surface area contributed by atoms with E-state index in [1.54, 1.807) is 24.3 Å². The molecule has 0 bridgehead atoms. The fourth-order valence-corrected chi connectivity index (χ4v) is 2.78. The average Bonchev–Trinajstić information content (AvgIpc) is 2.98. The number of halogens is 1. The largest absolute Gasteiger partial charge is 0.550 e. The number of hydrogen-bond donors (Lipinski definition) is 1. The van der Waals surface area contributed by atoms with Crippen molar-refractivity contribution in [2.24, 2.45) is 0 Å². The first-order chi connectivity index (χ1) is 11.5. The molecule has 1 heterocycles. The van der Waals surface area contributed by atoms with Crippen LogP contribution in [0.2, 0.25) is 5.02 Å². The number of carboxylic acids is 1. The Kier molecular flexibility index (Phi) is 4.58. The van der Waals surface area contributed by atoms with E-state index in [1.807, 2.05) is 41.0 Å². The second-order valence-corrected chi connectivity index (χ2v) is 5.88. The Morgan fingerprint density at radius 3 is 2.29 bits per heavy atom. The average molecular weight is 341 g/mol. The number of hydrogen-bond acceptors (Lipinski definition) is 3. The van der Waals surface area contributed by atoms with Gasteiger partial charge >= 0.3 is 0 Å². The molecule has 0 aliphatic rings. The number of benzene rings is 2. The number of rotatable bonds is 5. The van der Waals surface area contributed by atoms with Crippen LogP contribution in [-0.4, -0.2) is 15.6 Å². The van der Waals surface area contributed by atoms with Crippen molar-refractivity contribution in [2.45, 2.75) is 12.8 Å². The summed E-state index contributed by atoms with van der Waals surface area (Å²) in [5, 5.41) is 21.0. The minimum absolute atomic E-state index is 0.0534. The van der Waals surface area contributed by atoms with Crippen molar-refractivity contribution in [3.05, 3.63) is 71.4 Å².